The highest BCUT2D eigenvalue weighted by atomic mass is 16.7. The molecule has 2 aromatic carbocycles. The van der Waals surface area contributed by atoms with Crippen LogP contribution in [0.4, 0.5) is 0 Å². The van der Waals surface area contributed by atoms with Gasteiger partial charge in [0.05, 0.1) is 19.3 Å². The number of ether oxygens (including phenoxy) is 3. The maximum Gasteiger partial charge on any atom is 0.338 e. The number of methoxy groups -OCH3 is 1. The quantitative estimate of drug-likeness (QED) is 0.877. The number of rotatable bonds is 3. The minimum absolute atomic E-state index is 0.129. The molecule has 2 aromatic rings. The van der Waals surface area contributed by atoms with Crippen LogP contribution in [0.25, 0.3) is 11.1 Å². The number of hydrogen-bond acceptors (Lipinski definition) is 5. The third kappa shape index (κ3) is 2.21. The van der Waals surface area contributed by atoms with Crippen LogP contribution in [-0.2, 0) is 11.3 Å². The summed E-state index contributed by atoms with van der Waals surface area (Å²) in [7, 11) is 1.34. The number of aliphatic hydroxyl groups is 1. The molecule has 5 nitrogen and oxygen atoms in total. The SMILES string of the molecule is COC(=O)c1ccccc1-c1ccc2c(c1CO)OCO2. The summed E-state index contributed by atoms with van der Waals surface area (Å²) in [5.41, 5.74) is 2.45. The Morgan fingerprint density at radius 1 is 1.19 bits per heavy atom. The minimum atomic E-state index is -0.424. The van der Waals surface area contributed by atoms with Crippen LogP contribution in [0.5, 0.6) is 11.5 Å². The van der Waals surface area contributed by atoms with Gasteiger partial charge in [-0.2, -0.15) is 0 Å². The third-order valence-corrected chi connectivity index (χ3v) is 3.42. The fourth-order valence-corrected chi connectivity index (χ4v) is 2.45. The molecule has 0 amide bonds. The third-order valence-electron chi connectivity index (χ3n) is 3.42. The van der Waals surface area contributed by atoms with E-state index >= 15 is 0 Å². The van der Waals surface area contributed by atoms with E-state index in [0.29, 0.717) is 28.2 Å². The first-order chi connectivity index (χ1) is 10.3. The Bertz CT molecular complexity index is 693. The summed E-state index contributed by atoms with van der Waals surface area (Å²) in [5.74, 6) is 0.695. The van der Waals surface area contributed by atoms with Crippen LogP contribution >= 0.6 is 0 Å². The molecule has 1 aliphatic heterocycles. The molecule has 0 radical (unpaired) electrons. The van der Waals surface area contributed by atoms with E-state index in [1.165, 1.54) is 7.11 Å². The van der Waals surface area contributed by atoms with E-state index in [1.807, 2.05) is 12.1 Å². The number of carbonyl (C=O) groups is 1. The second-order valence-electron chi connectivity index (χ2n) is 4.52. The fraction of sp³-hybridized carbons (Fsp3) is 0.188. The van der Waals surface area contributed by atoms with E-state index in [9.17, 15) is 9.90 Å². The highest BCUT2D eigenvalue weighted by Gasteiger charge is 2.23. The van der Waals surface area contributed by atoms with Crippen molar-refractivity contribution in [3.05, 3.63) is 47.5 Å². The molecule has 0 unspecified atom stereocenters. The topological polar surface area (TPSA) is 65.0 Å². The number of fused-ring (bicyclic) bond motifs is 1. The zero-order valence-electron chi connectivity index (χ0n) is 11.5. The summed E-state index contributed by atoms with van der Waals surface area (Å²) >= 11 is 0. The average Bonchev–Trinajstić information content (AvgIpc) is 3.01. The van der Waals surface area contributed by atoms with Gasteiger partial charge in [-0.1, -0.05) is 24.3 Å². The lowest BCUT2D eigenvalue weighted by Crippen LogP contribution is -2.04. The maximum absolute atomic E-state index is 11.9. The zero-order chi connectivity index (χ0) is 14.8. The van der Waals surface area contributed by atoms with Gasteiger partial charge in [-0.25, -0.2) is 4.79 Å². The summed E-state index contributed by atoms with van der Waals surface area (Å²) in [5, 5.41) is 9.68. The van der Waals surface area contributed by atoms with Crippen molar-refractivity contribution in [2.75, 3.05) is 13.9 Å². The van der Waals surface area contributed by atoms with E-state index in [-0.39, 0.29) is 13.4 Å². The van der Waals surface area contributed by atoms with Gasteiger partial charge in [0.25, 0.3) is 0 Å². The van der Waals surface area contributed by atoms with Crippen LogP contribution in [0.3, 0.4) is 0 Å². The van der Waals surface area contributed by atoms with E-state index in [1.54, 1.807) is 24.3 Å². The van der Waals surface area contributed by atoms with Gasteiger partial charge in [0.15, 0.2) is 11.5 Å². The lowest BCUT2D eigenvalue weighted by atomic mass is 9.94. The molecule has 0 aromatic heterocycles. The van der Waals surface area contributed by atoms with Crippen molar-refractivity contribution in [1.82, 2.24) is 0 Å². The van der Waals surface area contributed by atoms with E-state index in [0.717, 1.165) is 5.56 Å². The molecule has 0 fully saturated rings. The Balaban J connectivity index is 2.20. The molecule has 21 heavy (non-hydrogen) atoms. The van der Waals surface area contributed by atoms with Crippen LogP contribution in [0, 0.1) is 0 Å². The molecular weight excluding hydrogens is 272 g/mol. The van der Waals surface area contributed by atoms with Crippen molar-refractivity contribution in [1.29, 1.82) is 0 Å². The molecule has 5 heteroatoms. The van der Waals surface area contributed by atoms with Gasteiger partial charge in [-0.3, -0.25) is 0 Å². The number of hydrogen-bond donors (Lipinski definition) is 1. The summed E-state index contributed by atoms with van der Waals surface area (Å²) in [6.07, 6.45) is 0. The number of aliphatic hydroxyl groups excluding tert-OH is 1. The molecule has 3 rings (SSSR count). The molecule has 1 N–H and O–H groups in total. The van der Waals surface area contributed by atoms with E-state index < -0.39 is 5.97 Å². The van der Waals surface area contributed by atoms with Gasteiger partial charge in [0, 0.05) is 5.56 Å². The van der Waals surface area contributed by atoms with Gasteiger partial charge >= 0.3 is 5.97 Å². The number of esters is 1. The maximum atomic E-state index is 11.9. The monoisotopic (exact) mass is 286 g/mol. The predicted octanol–water partition coefficient (Wildman–Crippen LogP) is 2.36. The largest absolute Gasteiger partial charge is 0.465 e. The van der Waals surface area contributed by atoms with Gasteiger partial charge in [-0.15, -0.1) is 0 Å². The molecule has 1 aliphatic rings. The Morgan fingerprint density at radius 2 is 2.00 bits per heavy atom. The summed E-state index contributed by atoms with van der Waals surface area (Å²) in [6.45, 7) is -0.0815. The van der Waals surface area contributed by atoms with Crippen LogP contribution in [0.15, 0.2) is 36.4 Å². The zero-order valence-corrected chi connectivity index (χ0v) is 11.5. The van der Waals surface area contributed by atoms with Crippen molar-refractivity contribution in [3.63, 3.8) is 0 Å². The van der Waals surface area contributed by atoms with Crippen LogP contribution in [-0.4, -0.2) is 25.0 Å². The fourth-order valence-electron chi connectivity index (χ4n) is 2.45. The Morgan fingerprint density at radius 3 is 2.76 bits per heavy atom. The van der Waals surface area contributed by atoms with Crippen LogP contribution in [0.1, 0.15) is 15.9 Å². The molecule has 108 valence electrons. The first-order valence-corrected chi connectivity index (χ1v) is 6.46. The lowest BCUT2D eigenvalue weighted by Gasteiger charge is -2.13. The second-order valence-corrected chi connectivity index (χ2v) is 4.52. The molecule has 0 saturated heterocycles. The van der Waals surface area contributed by atoms with Gasteiger partial charge in [0.2, 0.25) is 6.79 Å². The van der Waals surface area contributed by atoms with Crippen LogP contribution in [0.2, 0.25) is 0 Å². The van der Waals surface area contributed by atoms with Crippen molar-refractivity contribution in [2.24, 2.45) is 0 Å². The first-order valence-electron chi connectivity index (χ1n) is 6.46. The summed E-state index contributed by atoms with van der Waals surface area (Å²) < 4.78 is 15.5. The Hall–Kier alpha value is -2.53. The van der Waals surface area contributed by atoms with Crippen molar-refractivity contribution >= 4 is 5.97 Å². The first kappa shape index (κ1) is 13.5. The van der Waals surface area contributed by atoms with Crippen molar-refractivity contribution in [3.8, 4) is 22.6 Å². The molecule has 1 heterocycles. The average molecular weight is 286 g/mol. The Kier molecular flexibility index (Phi) is 3.50. The standard InChI is InChI=1S/C16H14O5/c1-19-16(18)12-5-3-2-4-10(12)11-6-7-14-15(13(11)8-17)21-9-20-14/h2-7,17H,8-9H2,1H3. The molecule has 0 saturated carbocycles. The number of carbonyl (C=O) groups excluding carboxylic acids is 1. The number of benzene rings is 2. The molecule has 0 bridgehead atoms. The van der Waals surface area contributed by atoms with Crippen LogP contribution < -0.4 is 9.47 Å². The lowest BCUT2D eigenvalue weighted by molar-refractivity contribution is 0.0601. The van der Waals surface area contributed by atoms with Gasteiger partial charge < -0.3 is 19.3 Å². The van der Waals surface area contributed by atoms with E-state index in [2.05, 4.69) is 0 Å². The molecular formula is C16H14O5. The van der Waals surface area contributed by atoms with Gasteiger partial charge in [-0.05, 0) is 23.3 Å². The Labute approximate surface area is 121 Å². The molecule has 0 spiro atoms. The highest BCUT2D eigenvalue weighted by Crippen LogP contribution is 2.41. The predicted molar refractivity (Wildman–Crippen MR) is 75.3 cm³/mol. The minimum Gasteiger partial charge on any atom is -0.465 e. The van der Waals surface area contributed by atoms with E-state index in [4.69, 9.17) is 14.2 Å². The van der Waals surface area contributed by atoms with Gasteiger partial charge in [0.1, 0.15) is 0 Å². The summed E-state index contributed by atoms with van der Waals surface area (Å²) in [6, 6.07) is 10.7. The highest BCUT2D eigenvalue weighted by molar-refractivity contribution is 5.98. The molecule has 0 aliphatic carbocycles. The normalized spacial score (nSPS) is 12.3. The molecule has 0 atom stereocenters. The van der Waals surface area contributed by atoms with Crippen molar-refractivity contribution in [2.45, 2.75) is 6.61 Å². The van der Waals surface area contributed by atoms with Crippen molar-refractivity contribution < 1.29 is 24.1 Å². The summed E-state index contributed by atoms with van der Waals surface area (Å²) in [4.78, 5) is 11.9. The second kappa shape index (κ2) is 5.46. The smallest absolute Gasteiger partial charge is 0.338 e.